The van der Waals surface area contributed by atoms with E-state index in [1.165, 1.54) is 12.8 Å². The zero-order valence-corrected chi connectivity index (χ0v) is 8.69. The highest BCUT2D eigenvalue weighted by Gasteiger charge is 2.50. The highest BCUT2D eigenvalue weighted by molar-refractivity contribution is 5.29. The fourth-order valence-corrected chi connectivity index (χ4v) is 2.96. The van der Waals surface area contributed by atoms with Crippen molar-refractivity contribution in [2.45, 2.75) is 43.6 Å². The van der Waals surface area contributed by atoms with Gasteiger partial charge in [-0.15, -0.1) is 0 Å². The fraction of sp³-hybridized carbons (Fsp3) is 0.900. The third kappa shape index (κ3) is 2.30. The van der Waals surface area contributed by atoms with Crippen molar-refractivity contribution >= 4 is 6.47 Å². The van der Waals surface area contributed by atoms with Crippen LogP contribution >= 0.6 is 0 Å². The predicted molar refractivity (Wildman–Crippen MR) is 48.7 cm³/mol. The van der Waals surface area contributed by atoms with E-state index in [-0.39, 0.29) is 5.79 Å². The van der Waals surface area contributed by atoms with E-state index in [1.807, 2.05) is 0 Å². The molecule has 3 aliphatic heterocycles. The molecule has 0 unspecified atom stereocenters. The molecule has 3 rings (SSSR count). The Labute approximate surface area is 88.7 Å². The van der Waals surface area contributed by atoms with Gasteiger partial charge in [0.1, 0.15) is 0 Å². The largest absolute Gasteiger partial charge is 0.554 e. The zero-order valence-electron chi connectivity index (χ0n) is 8.69. The van der Waals surface area contributed by atoms with Gasteiger partial charge in [-0.2, -0.15) is 0 Å². The van der Waals surface area contributed by atoms with Crippen LogP contribution in [0, 0.1) is 0 Å². The smallest absolute Gasteiger partial charge is 0.179 e. The summed E-state index contributed by atoms with van der Waals surface area (Å²) in [6.45, 7) is 1.11. The van der Waals surface area contributed by atoms with E-state index < -0.39 is 6.47 Å². The van der Waals surface area contributed by atoms with Crippen LogP contribution in [-0.2, 0) is 14.3 Å². The van der Waals surface area contributed by atoms with Crippen molar-refractivity contribution < 1.29 is 24.7 Å². The Balaban J connectivity index is 0.000000258. The first-order valence-electron chi connectivity index (χ1n) is 5.46. The van der Waals surface area contributed by atoms with Gasteiger partial charge in [-0.1, -0.05) is 0 Å². The van der Waals surface area contributed by atoms with Crippen molar-refractivity contribution in [1.82, 2.24) is 0 Å². The van der Waals surface area contributed by atoms with Crippen LogP contribution in [0.4, 0.5) is 0 Å². The summed E-state index contributed by atoms with van der Waals surface area (Å²) < 4.78 is 11.4. The molecular weight excluding hydrogens is 198 g/mol. The van der Waals surface area contributed by atoms with Gasteiger partial charge in [0.25, 0.3) is 0 Å². The monoisotopic (exact) mass is 215 g/mol. The molecule has 1 spiro atoms. The molecule has 0 radical (unpaired) electrons. The Hall–Kier alpha value is -0.650. The van der Waals surface area contributed by atoms with Gasteiger partial charge >= 0.3 is 0 Å². The molecule has 3 heterocycles. The molecule has 15 heavy (non-hydrogen) atoms. The summed E-state index contributed by atoms with van der Waals surface area (Å²) in [4.78, 5) is 8.25. The van der Waals surface area contributed by atoms with Crippen LogP contribution < -0.4 is 10.4 Å². The third-order valence-corrected chi connectivity index (χ3v) is 3.41. The van der Waals surface area contributed by atoms with Gasteiger partial charge in [0, 0.05) is 19.3 Å². The second kappa shape index (κ2) is 4.47. The summed E-state index contributed by atoms with van der Waals surface area (Å²) in [5, 5.41) is 10.8. The highest BCUT2D eigenvalue weighted by atomic mass is 16.7. The molecule has 0 amide bonds. The number of piperidine rings is 1. The molecule has 0 aromatic heterocycles. The van der Waals surface area contributed by atoms with E-state index in [4.69, 9.17) is 19.4 Å². The Bertz CT molecular complexity index is 213. The maximum atomic E-state index is 8.25. The second-order valence-corrected chi connectivity index (χ2v) is 4.40. The Morgan fingerprint density at radius 3 is 2.13 bits per heavy atom. The van der Waals surface area contributed by atoms with Crippen molar-refractivity contribution in [2.24, 2.45) is 0 Å². The summed E-state index contributed by atoms with van der Waals surface area (Å²) in [6, 6.07) is 1.56. The lowest BCUT2D eigenvalue weighted by molar-refractivity contribution is -0.719. The number of carbonyl (C=O) groups excluding carboxylic acids is 1. The highest BCUT2D eigenvalue weighted by Crippen LogP contribution is 2.35. The van der Waals surface area contributed by atoms with Crippen LogP contribution in [0.5, 0.6) is 0 Å². The van der Waals surface area contributed by atoms with Crippen LogP contribution in [0.25, 0.3) is 0 Å². The molecule has 86 valence electrons. The van der Waals surface area contributed by atoms with Crippen molar-refractivity contribution in [1.29, 1.82) is 0 Å². The van der Waals surface area contributed by atoms with Crippen molar-refractivity contribution in [3.8, 4) is 0 Å². The number of fused-ring (bicyclic) bond motifs is 2. The quantitative estimate of drug-likeness (QED) is 0.473. The first kappa shape index (κ1) is 10.9. The van der Waals surface area contributed by atoms with Gasteiger partial charge in [-0.25, -0.2) is 0 Å². The van der Waals surface area contributed by atoms with E-state index in [0.717, 1.165) is 38.1 Å². The molecule has 2 N–H and O–H groups in total. The Kier molecular flexibility index (Phi) is 3.23. The lowest BCUT2D eigenvalue weighted by atomic mass is 9.98. The molecule has 0 saturated carbocycles. The molecule has 5 nitrogen and oxygen atoms in total. The lowest BCUT2D eigenvalue weighted by Crippen LogP contribution is -2.94. The molecule has 3 aliphatic rings. The molecule has 0 aliphatic carbocycles. The zero-order chi connectivity index (χ0) is 10.7. The number of carboxylic acid groups (broad SMARTS) is 1. The van der Waals surface area contributed by atoms with E-state index in [2.05, 4.69) is 5.32 Å². The molecule has 2 bridgehead atoms. The molecule has 3 fully saturated rings. The van der Waals surface area contributed by atoms with E-state index in [9.17, 15) is 0 Å². The number of rotatable bonds is 0. The summed E-state index contributed by atoms with van der Waals surface area (Å²) in [5.41, 5.74) is 0. The first-order valence-corrected chi connectivity index (χ1v) is 5.46. The van der Waals surface area contributed by atoms with Crippen LogP contribution in [0.3, 0.4) is 0 Å². The van der Waals surface area contributed by atoms with Gasteiger partial charge in [0.05, 0.1) is 38.1 Å². The van der Waals surface area contributed by atoms with Crippen molar-refractivity contribution in [3.05, 3.63) is 0 Å². The van der Waals surface area contributed by atoms with Crippen molar-refractivity contribution in [2.75, 3.05) is 13.2 Å². The number of hydrogen-bond donors (Lipinski definition) is 1. The molecular formula is C10H17NO4. The van der Waals surface area contributed by atoms with Gasteiger partial charge < -0.3 is 24.7 Å². The van der Waals surface area contributed by atoms with Crippen LogP contribution in [0.15, 0.2) is 0 Å². The standard InChI is InChI=1S/C9H15NO2.CH2O2/c1-2-8-6-9(5-7(1)10-8)11-3-4-12-9;2-1-3/h7-8,10H,1-6H2;1H,(H,2,3)/t7-,8+;. The summed E-state index contributed by atoms with van der Waals surface area (Å²) in [7, 11) is 0. The summed E-state index contributed by atoms with van der Waals surface area (Å²) >= 11 is 0. The number of quaternary nitrogens is 1. The Morgan fingerprint density at radius 2 is 1.67 bits per heavy atom. The van der Waals surface area contributed by atoms with Crippen LogP contribution in [0.2, 0.25) is 0 Å². The normalized spacial score (nSPS) is 36.0. The molecule has 3 saturated heterocycles. The number of ether oxygens (including phenoxy) is 2. The molecule has 5 heteroatoms. The number of nitrogens with two attached hydrogens (primary N) is 1. The van der Waals surface area contributed by atoms with Gasteiger partial charge in [-0.3, -0.25) is 0 Å². The first-order chi connectivity index (χ1) is 7.28. The average Bonchev–Trinajstić information content (AvgIpc) is 2.76. The van der Waals surface area contributed by atoms with Gasteiger partial charge in [-0.05, 0) is 0 Å². The van der Waals surface area contributed by atoms with E-state index in [1.54, 1.807) is 0 Å². The molecule has 2 atom stereocenters. The van der Waals surface area contributed by atoms with Crippen LogP contribution in [-0.4, -0.2) is 37.6 Å². The summed E-state index contributed by atoms with van der Waals surface area (Å²) in [6.07, 6.45) is 4.95. The fourth-order valence-electron chi connectivity index (χ4n) is 2.96. The predicted octanol–water partition coefficient (Wildman–Crippen LogP) is -2.02. The van der Waals surface area contributed by atoms with Gasteiger partial charge in [0.2, 0.25) is 0 Å². The van der Waals surface area contributed by atoms with Gasteiger partial charge in [0.15, 0.2) is 5.79 Å². The SMILES string of the molecule is C1COC2(C[C@H]3CC[C@@H](C2)[NH2+]3)O1.O=C[O-]. The molecule has 0 aromatic carbocycles. The number of hydrogen-bond acceptors (Lipinski definition) is 4. The topological polar surface area (TPSA) is 75.2 Å². The minimum Gasteiger partial charge on any atom is -0.554 e. The maximum absolute atomic E-state index is 8.25. The minimum absolute atomic E-state index is 0.152. The van der Waals surface area contributed by atoms with E-state index in [0.29, 0.717) is 0 Å². The van der Waals surface area contributed by atoms with Crippen molar-refractivity contribution in [3.63, 3.8) is 0 Å². The molecule has 0 aromatic rings. The third-order valence-electron chi connectivity index (χ3n) is 3.41. The van der Waals surface area contributed by atoms with E-state index >= 15 is 0 Å². The van der Waals surface area contributed by atoms with Crippen LogP contribution in [0.1, 0.15) is 25.7 Å². The summed E-state index contributed by atoms with van der Waals surface area (Å²) in [5.74, 6) is -0.152. The minimum atomic E-state index is -0.500. The lowest BCUT2D eigenvalue weighted by Gasteiger charge is -2.33. The maximum Gasteiger partial charge on any atom is 0.179 e. The number of carbonyl (C=O) groups is 1. The average molecular weight is 215 g/mol. The Morgan fingerprint density at radius 1 is 1.20 bits per heavy atom. The second-order valence-electron chi connectivity index (χ2n) is 4.40.